The van der Waals surface area contributed by atoms with E-state index < -0.39 is 0 Å². The average molecular weight is 336 g/mol. The zero-order valence-electron chi connectivity index (χ0n) is 12.6. The van der Waals surface area contributed by atoms with Gasteiger partial charge in [0.05, 0.1) is 5.69 Å². The lowest BCUT2D eigenvalue weighted by molar-refractivity contribution is 0.0660. The predicted molar refractivity (Wildman–Crippen MR) is 90.7 cm³/mol. The molecule has 0 spiro atoms. The van der Waals surface area contributed by atoms with Crippen LogP contribution < -0.4 is 5.32 Å². The van der Waals surface area contributed by atoms with Crippen LogP contribution in [0.2, 0.25) is 5.02 Å². The lowest BCUT2D eigenvalue weighted by atomic mass is 10.2. The highest BCUT2D eigenvalue weighted by molar-refractivity contribution is 7.17. The van der Waals surface area contributed by atoms with Crippen molar-refractivity contribution in [2.75, 3.05) is 19.6 Å². The third-order valence-electron chi connectivity index (χ3n) is 3.82. The van der Waals surface area contributed by atoms with Crippen LogP contribution in [0.5, 0.6) is 0 Å². The van der Waals surface area contributed by atoms with E-state index in [1.807, 2.05) is 36.1 Å². The number of carbonyl (C=O) groups is 1. The van der Waals surface area contributed by atoms with Crippen LogP contribution in [-0.4, -0.2) is 41.5 Å². The summed E-state index contributed by atoms with van der Waals surface area (Å²) in [7, 11) is 0. The quantitative estimate of drug-likeness (QED) is 0.916. The molecule has 0 radical (unpaired) electrons. The summed E-state index contributed by atoms with van der Waals surface area (Å²) in [5.41, 5.74) is 1.74. The summed E-state index contributed by atoms with van der Waals surface area (Å²) in [6.45, 7) is 6.38. The predicted octanol–water partition coefficient (Wildman–Crippen LogP) is 3.21. The molecule has 0 bridgehead atoms. The molecule has 116 valence electrons. The highest BCUT2D eigenvalue weighted by atomic mass is 35.5. The van der Waals surface area contributed by atoms with Crippen LogP contribution in [0.4, 0.5) is 0 Å². The Morgan fingerprint density at radius 1 is 1.50 bits per heavy atom. The molecule has 0 saturated carbocycles. The minimum Gasteiger partial charge on any atom is -0.333 e. The van der Waals surface area contributed by atoms with E-state index in [0.717, 1.165) is 40.8 Å². The van der Waals surface area contributed by atoms with E-state index in [2.05, 4.69) is 17.2 Å². The van der Waals surface area contributed by atoms with Crippen LogP contribution in [-0.2, 0) is 0 Å². The minimum absolute atomic E-state index is 0.0808. The van der Waals surface area contributed by atoms with E-state index in [1.165, 1.54) is 11.3 Å². The second-order valence-electron chi connectivity index (χ2n) is 5.50. The van der Waals surface area contributed by atoms with E-state index in [0.29, 0.717) is 5.02 Å². The average Bonchev–Trinajstić information content (AvgIpc) is 2.89. The Balaban J connectivity index is 1.90. The van der Waals surface area contributed by atoms with Gasteiger partial charge in [-0.2, -0.15) is 0 Å². The molecule has 1 aliphatic rings. The molecule has 1 fully saturated rings. The van der Waals surface area contributed by atoms with Gasteiger partial charge in [0.1, 0.15) is 9.88 Å². The number of aromatic nitrogens is 1. The zero-order valence-corrected chi connectivity index (χ0v) is 14.2. The molecule has 1 saturated heterocycles. The summed E-state index contributed by atoms with van der Waals surface area (Å²) in [6.07, 6.45) is 0. The molecule has 6 heteroatoms. The Hall–Kier alpha value is -1.43. The van der Waals surface area contributed by atoms with Gasteiger partial charge in [-0.05, 0) is 26.0 Å². The van der Waals surface area contributed by atoms with Crippen molar-refractivity contribution in [1.82, 2.24) is 15.2 Å². The first kappa shape index (κ1) is 15.5. The number of amides is 1. The summed E-state index contributed by atoms with van der Waals surface area (Å²) >= 11 is 7.48. The first-order valence-electron chi connectivity index (χ1n) is 7.31. The third kappa shape index (κ3) is 3.02. The number of rotatable bonds is 2. The number of hydrogen-bond acceptors (Lipinski definition) is 4. The van der Waals surface area contributed by atoms with Gasteiger partial charge in [0.25, 0.3) is 5.91 Å². The van der Waals surface area contributed by atoms with Crippen LogP contribution in [0.25, 0.3) is 10.6 Å². The molecule has 0 aliphatic carbocycles. The maximum atomic E-state index is 12.8. The molecule has 22 heavy (non-hydrogen) atoms. The Labute approximate surface area is 139 Å². The fraction of sp³-hybridized carbons (Fsp3) is 0.375. The van der Waals surface area contributed by atoms with Gasteiger partial charge >= 0.3 is 0 Å². The summed E-state index contributed by atoms with van der Waals surface area (Å²) in [6, 6.07) is 7.78. The topological polar surface area (TPSA) is 45.2 Å². The zero-order chi connectivity index (χ0) is 15.7. The number of benzene rings is 1. The second kappa shape index (κ2) is 6.36. The highest BCUT2D eigenvalue weighted by Gasteiger charge is 2.27. The van der Waals surface area contributed by atoms with Crippen molar-refractivity contribution < 1.29 is 4.79 Å². The normalized spacial score (nSPS) is 18.5. The van der Waals surface area contributed by atoms with Gasteiger partial charge in [-0.25, -0.2) is 4.98 Å². The first-order chi connectivity index (χ1) is 10.6. The molecular weight excluding hydrogens is 318 g/mol. The van der Waals surface area contributed by atoms with Gasteiger partial charge in [-0.15, -0.1) is 11.3 Å². The van der Waals surface area contributed by atoms with Crippen LogP contribution in [0, 0.1) is 6.92 Å². The van der Waals surface area contributed by atoms with Gasteiger partial charge < -0.3 is 10.2 Å². The van der Waals surface area contributed by atoms with Crippen molar-refractivity contribution in [3.05, 3.63) is 39.9 Å². The monoisotopic (exact) mass is 335 g/mol. The molecule has 4 nitrogen and oxygen atoms in total. The molecule has 1 N–H and O–H groups in total. The fourth-order valence-electron chi connectivity index (χ4n) is 2.61. The number of nitrogens with zero attached hydrogens (tertiary/aromatic N) is 2. The number of halogens is 1. The van der Waals surface area contributed by atoms with Gasteiger partial charge in [-0.3, -0.25) is 4.79 Å². The van der Waals surface area contributed by atoms with Crippen molar-refractivity contribution in [3.63, 3.8) is 0 Å². The molecule has 2 heterocycles. The van der Waals surface area contributed by atoms with E-state index in [4.69, 9.17) is 11.6 Å². The number of thiazole rings is 1. The van der Waals surface area contributed by atoms with Gasteiger partial charge in [0.15, 0.2) is 0 Å². The molecule has 1 aromatic heterocycles. The van der Waals surface area contributed by atoms with Crippen molar-refractivity contribution in [3.8, 4) is 10.6 Å². The van der Waals surface area contributed by atoms with Crippen LogP contribution in [0.1, 0.15) is 22.3 Å². The molecule has 1 amide bonds. The summed E-state index contributed by atoms with van der Waals surface area (Å²) in [5, 5.41) is 4.82. The maximum absolute atomic E-state index is 12.8. The van der Waals surface area contributed by atoms with Crippen molar-refractivity contribution in [1.29, 1.82) is 0 Å². The van der Waals surface area contributed by atoms with Crippen LogP contribution in [0.15, 0.2) is 24.3 Å². The number of piperazine rings is 1. The standard InChI is InChI=1S/C16H18ClN3OS/c1-10-9-18-6-7-20(10)16(21)14-11(2)19-15(22-14)12-4-3-5-13(17)8-12/h3-5,8,10,18H,6-7,9H2,1-2H3/t10-/m0/s1. The Morgan fingerprint density at radius 2 is 2.32 bits per heavy atom. The molecule has 1 atom stereocenters. The molecule has 1 aliphatic heterocycles. The number of aryl methyl sites for hydroxylation is 1. The van der Waals surface area contributed by atoms with E-state index in [-0.39, 0.29) is 11.9 Å². The largest absolute Gasteiger partial charge is 0.333 e. The first-order valence-corrected chi connectivity index (χ1v) is 8.51. The van der Waals surface area contributed by atoms with E-state index in [1.54, 1.807) is 0 Å². The van der Waals surface area contributed by atoms with Gasteiger partial charge in [0, 0.05) is 36.3 Å². The summed E-state index contributed by atoms with van der Waals surface area (Å²) in [4.78, 5) is 20.0. The summed E-state index contributed by atoms with van der Waals surface area (Å²) in [5.74, 6) is 0.0808. The molecular formula is C16H18ClN3OS. The fourth-order valence-corrected chi connectivity index (χ4v) is 3.82. The van der Waals surface area contributed by atoms with Crippen molar-refractivity contribution in [2.24, 2.45) is 0 Å². The third-order valence-corrected chi connectivity index (χ3v) is 5.25. The number of hydrogen-bond donors (Lipinski definition) is 1. The lowest BCUT2D eigenvalue weighted by Crippen LogP contribution is -2.52. The van der Waals surface area contributed by atoms with Crippen LogP contribution >= 0.6 is 22.9 Å². The van der Waals surface area contributed by atoms with Gasteiger partial charge in [0.2, 0.25) is 0 Å². The number of nitrogens with one attached hydrogen (secondary N) is 1. The Kier molecular flexibility index (Phi) is 4.47. The lowest BCUT2D eigenvalue weighted by Gasteiger charge is -2.33. The number of carbonyl (C=O) groups excluding carboxylic acids is 1. The van der Waals surface area contributed by atoms with Crippen LogP contribution in [0.3, 0.4) is 0 Å². The van der Waals surface area contributed by atoms with E-state index in [9.17, 15) is 4.79 Å². The van der Waals surface area contributed by atoms with E-state index >= 15 is 0 Å². The molecule has 2 aromatic rings. The summed E-state index contributed by atoms with van der Waals surface area (Å²) < 4.78 is 0. The Morgan fingerprint density at radius 3 is 3.05 bits per heavy atom. The van der Waals surface area contributed by atoms with Gasteiger partial charge in [-0.1, -0.05) is 23.7 Å². The second-order valence-corrected chi connectivity index (χ2v) is 6.93. The molecule has 3 rings (SSSR count). The molecule has 1 aromatic carbocycles. The Bertz CT molecular complexity index is 700. The van der Waals surface area contributed by atoms with Crippen molar-refractivity contribution in [2.45, 2.75) is 19.9 Å². The van der Waals surface area contributed by atoms with Crippen molar-refractivity contribution >= 4 is 28.8 Å². The molecule has 0 unspecified atom stereocenters. The highest BCUT2D eigenvalue weighted by Crippen LogP contribution is 2.30. The smallest absolute Gasteiger partial charge is 0.266 e. The SMILES string of the molecule is Cc1nc(-c2cccc(Cl)c2)sc1C(=O)N1CCNC[C@@H]1C. The minimum atomic E-state index is 0.0808. The maximum Gasteiger partial charge on any atom is 0.266 e.